The number of benzene rings is 1. The third-order valence-electron chi connectivity index (χ3n) is 1.87. The van der Waals surface area contributed by atoms with Gasteiger partial charge in [0.05, 0.1) is 6.42 Å². The Bertz CT molecular complexity index is 434. The van der Waals surface area contributed by atoms with Gasteiger partial charge in [0.25, 0.3) is 5.91 Å². The predicted molar refractivity (Wildman–Crippen MR) is 55.8 cm³/mol. The van der Waals surface area contributed by atoms with Gasteiger partial charge in [-0.1, -0.05) is 0 Å². The molecule has 0 atom stereocenters. The SMILES string of the molecule is N#[N+]c1ccc(C(=O)NCCC(=O)O)cc1. The van der Waals surface area contributed by atoms with Crippen molar-refractivity contribution < 1.29 is 14.7 Å². The van der Waals surface area contributed by atoms with E-state index in [2.05, 4.69) is 10.3 Å². The highest BCUT2D eigenvalue weighted by Crippen LogP contribution is 2.12. The average Bonchev–Trinajstić information content (AvgIpc) is 2.28. The first-order valence-electron chi connectivity index (χ1n) is 4.58. The van der Waals surface area contributed by atoms with E-state index in [-0.39, 0.29) is 18.9 Å². The van der Waals surface area contributed by atoms with Crippen molar-refractivity contribution in [2.24, 2.45) is 0 Å². The number of carbonyl (C=O) groups is 2. The molecule has 1 amide bonds. The molecule has 0 aromatic heterocycles. The molecule has 1 aromatic rings. The fourth-order valence-electron chi connectivity index (χ4n) is 1.06. The number of carboxylic acid groups (broad SMARTS) is 1. The number of hydrogen-bond donors (Lipinski definition) is 2. The lowest BCUT2D eigenvalue weighted by atomic mass is 10.2. The summed E-state index contributed by atoms with van der Waals surface area (Å²) in [5, 5.41) is 19.3. The summed E-state index contributed by atoms with van der Waals surface area (Å²) in [7, 11) is 0. The smallest absolute Gasteiger partial charge is 0.385 e. The molecule has 0 aliphatic heterocycles. The highest BCUT2D eigenvalue weighted by Gasteiger charge is 2.08. The van der Waals surface area contributed by atoms with Gasteiger partial charge >= 0.3 is 11.7 Å². The van der Waals surface area contributed by atoms with Crippen LogP contribution in [0.3, 0.4) is 0 Å². The van der Waals surface area contributed by atoms with Crippen molar-refractivity contribution in [2.45, 2.75) is 6.42 Å². The van der Waals surface area contributed by atoms with Crippen molar-refractivity contribution in [3.63, 3.8) is 0 Å². The summed E-state index contributed by atoms with van der Waals surface area (Å²) >= 11 is 0. The quantitative estimate of drug-likeness (QED) is 0.749. The van der Waals surface area contributed by atoms with E-state index < -0.39 is 5.97 Å². The number of nitrogens with zero attached hydrogens (tertiary/aromatic N) is 2. The molecule has 2 N–H and O–H groups in total. The number of nitrogens with one attached hydrogen (secondary N) is 1. The van der Waals surface area contributed by atoms with Crippen LogP contribution in [-0.2, 0) is 4.79 Å². The van der Waals surface area contributed by atoms with Crippen LogP contribution in [0.2, 0.25) is 0 Å². The van der Waals surface area contributed by atoms with Crippen LogP contribution in [0.5, 0.6) is 0 Å². The molecular formula is C10H10N3O3+. The minimum Gasteiger partial charge on any atom is -0.481 e. The van der Waals surface area contributed by atoms with Crippen molar-refractivity contribution in [2.75, 3.05) is 6.54 Å². The Balaban J connectivity index is 2.53. The Kier molecular flexibility index (Phi) is 3.98. The molecule has 6 nitrogen and oxygen atoms in total. The van der Waals surface area contributed by atoms with Crippen LogP contribution >= 0.6 is 0 Å². The van der Waals surface area contributed by atoms with E-state index >= 15 is 0 Å². The topological polar surface area (TPSA) is 94.5 Å². The first kappa shape index (κ1) is 11.7. The van der Waals surface area contributed by atoms with E-state index in [1.54, 1.807) is 0 Å². The molecule has 0 fully saturated rings. The minimum atomic E-state index is -0.963. The summed E-state index contributed by atoms with van der Waals surface area (Å²) in [6.45, 7) is 0.0836. The summed E-state index contributed by atoms with van der Waals surface area (Å²) in [4.78, 5) is 24.6. The van der Waals surface area contributed by atoms with Crippen LogP contribution in [0.25, 0.3) is 4.98 Å². The molecule has 1 rings (SSSR count). The minimum absolute atomic E-state index is 0.0836. The lowest BCUT2D eigenvalue weighted by Crippen LogP contribution is -2.25. The first-order chi connectivity index (χ1) is 7.63. The molecule has 0 aliphatic carbocycles. The van der Waals surface area contributed by atoms with Gasteiger partial charge in [-0.2, -0.15) is 0 Å². The normalized spacial score (nSPS) is 9.19. The largest absolute Gasteiger partial charge is 0.481 e. The molecular weight excluding hydrogens is 210 g/mol. The monoisotopic (exact) mass is 220 g/mol. The van der Waals surface area contributed by atoms with Crippen LogP contribution in [0.15, 0.2) is 24.3 Å². The van der Waals surface area contributed by atoms with Crippen LogP contribution in [0.4, 0.5) is 5.69 Å². The fraction of sp³-hybridized carbons (Fsp3) is 0.200. The fourth-order valence-corrected chi connectivity index (χ4v) is 1.06. The van der Waals surface area contributed by atoms with Gasteiger partial charge in [-0.05, 0) is 12.1 Å². The Labute approximate surface area is 91.5 Å². The second-order valence-electron chi connectivity index (χ2n) is 3.05. The Morgan fingerprint density at radius 1 is 1.31 bits per heavy atom. The van der Waals surface area contributed by atoms with Crippen LogP contribution < -0.4 is 5.32 Å². The van der Waals surface area contributed by atoms with Crippen molar-refractivity contribution in [1.82, 2.24) is 5.32 Å². The standard InChI is InChI=1S/C10H9N3O3/c11-13-8-3-1-7(2-4-8)10(16)12-6-5-9(14)15/h1-4H,5-6H2,(H-,12,14,15,16)/p+1. The van der Waals surface area contributed by atoms with Crippen molar-refractivity contribution in [3.8, 4) is 0 Å². The lowest BCUT2D eigenvalue weighted by Gasteiger charge is -2.01. The molecule has 6 heteroatoms. The van der Waals surface area contributed by atoms with E-state index in [1.807, 2.05) is 0 Å². The first-order valence-corrected chi connectivity index (χ1v) is 4.58. The Hall–Kier alpha value is -2.42. The van der Waals surface area contributed by atoms with E-state index in [9.17, 15) is 9.59 Å². The number of diazo groups is 1. The molecule has 0 bridgehead atoms. The second-order valence-corrected chi connectivity index (χ2v) is 3.05. The van der Waals surface area contributed by atoms with Gasteiger partial charge in [-0.15, -0.1) is 0 Å². The summed E-state index contributed by atoms with van der Waals surface area (Å²) in [6.07, 6.45) is -0.115. The van der Waals surface area contributed by atoms with E-state index in [4.69, 9.17) is 10.5 Å². The van der Waals surface area contributed by atoms with Gasteiger partial charge in [0.1, 0.15) is 0 Å². The maximum Gasteiger partial charge on any atom is 0.385 e. The highest BCUT2D eigenvalue weighted by atomic mass is 16.4. The number of amides is 1. The third kappa shape index (κ3) is 3.38. The maximum absolute atomic E-state index is 11.4. The zero-order valence-corrected chi connectivity index (χ0v) is 8.38. The zero-order chi connectivity index (χ0) is 12.0. The second kappa shape index (κ2) is 5.46. The van der Waals surface area contributed by atoms with Gasteiger partial charge in [-0.25, -0.2) is 0 Å². The maximum atomic E-state index is 11.4. The summed E-state index contributed by atoms with van der Waals surface area (Å²) in [6, 6.07) is 5.94. The number of aliphatic carboxylic acids is 1. The summed E-state index contributed by atoms with van der Waals surface area (Å²) in [5.41, 5.74) is 0.736. The molecule has 0 radical (unpaired) electrons. The molecule has 0 heterocycles. The molecule has 16 heavy (non-hydrogen) atoms. The van der Waals surface area contributed by atoms with Crippen LogP contribution in [-0.4, -0.2) is 23.5 Å². The van der Waals surface area contributed by atoms with Gasteiger partial charge in [0.15, 0.2) is 4.98 Å². The lowest BCUT2D eigenvalue weighted by molar-refractivity contribution is -0.136. The van der Waals surface area contributed by atoms with Gasteiger partial charge < -0.3 is 10.4 Å². The molecule has 0 aliphatic rings. The van der Waals surface area contributed by atoms with Gasteiger partial charge in [0, 0.05) is 24.2 Å². The van der Waals surface area contributed by atoms with Crippen molar-refractivity contribution in [3.05, 3.63) is 34.8 Å². The molecule has 82 valence electrons. The van der Waals surface area contributed by atoms with E-state index in [0.29, 0.717) is 11.3 Å². The molecule has 0 saturated heterocycles. The van der Waals surface area contributed by atoms with E-state index in [1.165, 1.54) is 24.3 Å². The molecule has 0 unspecified atom stereocenters. The third-order valence-corrected chi connectivity index (χ3v) is 1.87. The number of hydrogen-bond acceptors (Lipinski definition) is 3. The summed E-state index contributed by atoms with van der Waals surface area (Å²) in [5.74, 6) is -1.32. The number of carboxylic acids is 1. The number of rotatable bonds is 4. The van der Waals surface area contributed by atoms with Crippen LogP contribution in [0.1, 0.15) is 16.8 Å². The molecule has 0 spiro atoms. The van der Waals surface area contributed by atoms with Gasteiger partial charge in [0.2, 0.25) is 5.39 Å². The Morgan fingerprint density at radius 2 is 1.94 bits per heavy atom. The van der Waals surface area contributed by atoms with Crippen LogP contribution in [0, 0.1) is 5.39 Å². The number of carbonyl (C=O) groups excluding carboxylic acids is 1. The van der Waals surface area contributed by atoms with Crippen molar-refractivity contribution >= 4 is 17.6 Å². The van der Waals surface area contributed by atoms with Gasteiger partial charge in [-0.3, -0.25) is 9.59 Å². The van der Waals surface area contributed by atoms with Crippen molar-refractivity contribution in [1.29, 1.82) is 5.39 Å². The zero-order valence-electron chi connectivity index (χ0n) is 8.38. The molecule has 0 saturated carbocycles. The Morgan fingerprint density at radius 3 is 2.44 bits per heavy atom. The summed E-state index contributed by atoms with van der Waals surface area (Å²) < 4.78 is 0. The highest BCUT2D eigenvalue weighted by molar-refractivity contribution is 5.94. The molecule has 1 aromatic carbocycles. The van der Waals surface area contributed by atoms with E-state index in [0.717, 1.165) is 0 Å². The average molecular weight is 220 g/mol. The predicted octanol–water partition coefficient (Wildman–Crippen LogP) is 1.38.